The van der Waals surface area contributed by atoms with Crippen molar-refractivity contribution in [3.8, 4) is 0 Å². The predicted octanol–water partition coefficient (Wildman–Crippen LogP) is 1.61. The summed E-state index contributed by atoms with van der Waals surface area (Å²) < 4.78 is 0. The van der Waals surface area contributed by atoms with Crippen LogP contribution in [0.3, 0.4) is 0 Å². The van der Waals surface area contributed by atoms with Gasteiger partial charge in [0.15, 0.2) is 0 Å². The Bertz CT molecular complexity index is 349. The first-order valence-electron chi connectivity index (χ1n) is 7.92. The van der Waals surface area contributed by atoms with Gasteiger partial charge in [-0.1, -0.05) is 20.3 Å². The van der Waals surface area contributed by atoms with Crippen LogP contribution in [0.5, 0.6) is 0 Å². The molecule has 0 bridgehead atoms. The van der Waals surface area contributed by atoms with Gasteiger partial charge in [0, 0.05) is 32.6 Å². The van der Waals surface area contributed by atoms with E-state index in [0.717, 1.165) is 32.5 Å². The summed E-state index contributed by atoms with van der Waals surface area (Å²) in [5, 5.41) is 11.7. The normalized spacial score (nSPS) is 20.2. The zero-order valence-electron chi connectivity index (χ0n) is 13.5. The first-order valence-corrected chi connectivity index (χ1v) is 7.92. The summed E-state index contributed by atoms with van der Waals surface area (Å²) in [6, 6.07) is 0.341. The number of likely N-dealkylation sites (N-methyl/N-ethyl adjacent to an activating group) is 2. The van der Waals surface area contributed by atoms with Crippen LogP contribution in [0.25, 0.3) is 0 Å². The molecule has 0 saturated carbocycles. The van der Waals surface area contributed by atoms with Crippen LogP contribution >= 0.6 is 0 Å². The Labute approximate surface area is 127 Å². The maximum atomic E-state index is 12.1. The molecular formula is C15H29N3O3. The minimum atomic E-state index is -0.811. The average Bonchev–Trinajstić information content (AvgIpc) is 2.89. The van der Waals surface area contributed by atoms with E-state index in [-0.39, 0.29) is 18.4 Å². The molecule has 122 valence electrons. The summed E-state index contributed by atoms with van der Waals surface area (Å²) in [4.78, 5) is 26.9. The lowest BCUT2D eigenvalue weighted by Crippen LogP contribution is -2.46. The van der Waals surface area contributed by atoms with Crippen LogP contribution in [0.15, 0.2) is 0 Å². The van der Waals surface area contributed by atoms with Crippen LogP contribution in [0, 0.1) is 5.92 Å². The Morgan fingerprint density at radius 3 is 2.71 bits per heavy atom. The van der Waals surface area contributed by atoms with Gasteiger partial charge in [-0.2, -0.15) is 0 Å². The van der Waals surface area contributed by atoms with Crippen LogP contribution in [0.4, 0.5) is 4.79 Å². The quantitative estimate of drug-likeness (QED) is 0.714. The van der Waals surface area contributed by atoms with Gasteiger partial charge < -0.3 is 15.3 Å². The van der Waals surface area contributed by atoms with Crippen LogP contribution in [-0.4, -0.2) is 66.2 Å². The van der Waals surface area contributed by atoms with E-state index in [4.69, 9.17) is 5.11 Å². The molecule has 1 fully saturated rings. The maximum Gasteiger partial charge on any atom is 0.317 e. The highest BCUT2D eigenvalue weighted by molar-refractivity contribution is 5.74. The van der Waals surface area contributed by atoms with Gasteiger partial charge in [-0.15, -0.1) is 0 Å². The molecule has 0 aromatic rings. The molecule has 6 heteroatoms. The van der Waals surface area contributed by atoms with Crippen molar-refractivity contribution in [3.63, 3.8) is 0 Å². The fraction of sp³-hybridized carbons (Fsp3) is 0.867. The Morgan fingerprint density at radius 2 is 2.14 bits per heavy atom. The van der Waals surface area contributed by atoms with Gasteiger partial charge in [0.2, 0.25) is 0 Å². The average molecular weight is 299 g/mol. The molecule has 2 unspecified atom stereocenters. The summed E-state index contributed by atoms with van der Waals surface area (Å²) in [6.07, 6.45) is 3.20. The standard InChI is InChI=1S/C15H29N3O3/c1-4-12(9-14(19)20)10-16-15(21)17(3)11-13-7-6-8-18(13)5-2/h12-13H,4-11H2,1-3H3,(H,16,21)(H,19,20). The van der Waals surface area contributed by atoms with Crippen molar-refractivity contribution < 1.29 is 14.7 Å². The maximum absolute atomic E-state index is 12.1. The zero-order chi connectivity index (χ0) is 15.8. The lowest BCUT2D eigenvalue weighted by Gasteiger charge is -2.28. The van der Waals surface area contributed by atoms with Gasteiger partial charge >= 0.3 is 12.0 Å². The molecule has 1 saturated heterocycles. The Hall–Kier alpha value is -1.30. The first kappa shape index (κ1) is 17.8. The summed E-state index contributed by atoms with van der Waals surface area (Å²) in [5.41, 5.74) is 0. The zero-order valence-corrected chi connectivity index (χ0v) is 13.5. The fourth-order valence-electron chi connectivity index (χ4n) is 2.89. The molecule has 2 N–H and O–H groups in total. The second-order valence-electron chi connectivity index (χ2n) is 5.86. The van der Waals surface area contributed by atoms with Crippen molar-refractivity contribution >= 4 is 12.0 Å². The summed E-state index contributed by atoms with van der Waals surface area (Å²) in [5.74, 6) is -0.813. The first-order chi connectivity index (χ1) is 9.97. The van der Waals surface area contributed by atoms with E-state index in [1.165, 1.54) is 6.42 Å². The Balaban J connectivity index is 2.35. The highest BCUT2D eigenvalue weighted by atomic mass is 16.4. The van der Waals surface area contributed by atoms with Crippen LogP contribution < -0.4 is 5.32 Å². The predicted molar refractivity (Wildman–Crippen MR) is 82.3 cm³/mol. The molecule has 0 aromatic carbocycles. The van der Waals surface area contributed by atoms with Crippen molar-refractivity contribution in [2.45, 2.75) is 45.6 Å². The highest BCUT2D eigenvalue weighted by Crippen LogP contribution is 2.17. The molecular weight excluding hydrogens is 270 g/mol. The highest BCUT2D eigenvalue weighted by Gasteiger charge is 2.25. The molecule has 21 heavy (non-hydrogen) atoms. The Morgan fingerprint density at radius 1 is 1.43 bits per heavy atom. The molecule has 0 spiro atoms. The summed E-state index contributed by atoms with van der Waals surface area (Å²) >= 11 is 0. The molecule has 1 heterocycles. The molecule has 2 amide bonds. The Kier molecular flexibility index (Phi) is 7.50. The minimum absolute atomic E-state index is 0.00142. The number of carbonyl (C=O) groups excluding carboxylic acids is 1. The third kappa shape index (κ3) is 5.91. The van der Waals surface area contributed by atoms with E-state index in [2.05, 4.69) is 17.1 Å². The van der Waals surface area contributed by atoms with Crippen molar-refractivity contribution in [3.05, 3.63) is 0 Å². The van der Waals surface area contributed by atoms with Gasteiger partial charge in [-0.3, -0.25) is 9.69 Å². The SMILES string of the molecule is CCC(CNC(=O)N(C)CC1CCCN1CC)CC(=O)O. The number of hydrogen-bond acceptors (Lipinski definition) is 3. The number of amides is 2. The number of hydrogen-bond donors (Lipinski definition) is 2. The van der Waals surface area contributed by atoms with E-state index in [0.29, 0.717) is 12.6 Å². The van der Waals surface area contributed by atoms with E-state index in [1.54, 1.807) is 11.9 Å². The van der Waals surface area contributed by atoms with Crippen molar-refractivity contribution in [1.29, 1.82) is 0 Å². The minimum Gasteiger partial charge on any atom is -0.481 e. The molecule has 1 aliphatic heterocycles. The number of carboxylic acid groups (broad SMARTS) is 1. The number of carbonyl (C=O) groups is 2. The topological polar surface area (TPSA) is 72.9 Å². The lowest BCUT2D eigenvalue weighted by molar-refractivity contribution is -0.138. The fourth-order valence-corrected chi connectivity index (χ4v) is 2.89. The third-order valence-corrected chi connectivity index (χ3v) is 4.32. The number of aliphatic carboxylic acids is 1. The van der Waals surface area contributed by atoms with Gasteiger partial charge in [-0.05, 0) is 31.8 Å². The van der Waals surface area contributed by atoms with Crippen LogP contribution in [-0.2, 0) is 4.79 Å². The van der Waals surface area contributed by atoms with Gasteiger partial charge in [0.05, 0.1) is 0 Å². The largest absolute Gasteiger partial charge is 0.481 e. The molecule has 6 nitrogen and oxygen atoms in total. The smallest absolute Gasteiger partial charge is 0.317 e. The molecule has 0 radical (unpaired) electrons. The number of carboxylic acids is 1. The van der Waals surface area contributed by atoms with Gasteiger partial charge in [-0.25, -0.2) is 4.79 Å². The van der Waals surface area contributed by atoms with Crippen molar-refractivity contribution in [2.24, 2.45) is 5.92 Å². The molecule has 0 aliphatic carbocycles. The number of nitrogens with zero attached hydrogens (tertiary/aromatic N) is 2. The van der Waals surface area contributed by atoms with Crippen LogP contribution in [0.2, 0.25) is 0 Å². The van der Waals surface area contributed by atoms with Gasteiger partial charge in [0.1, 0.15) is 0 Å². The van der Waals surface area contributed by atoms with Crippen molar-refractivity contribution in [2.75, 3.05) is 33.2 Å². The van der Waals surface area contributed by atoms with E-state index >= 15 is 0 Å². The van der Waals surface area contributed by atoms with E-state index < -0.39 is 5.97 Å². The van der Waals surface area contributed by atoms with Crippen molar-refractivity contribution in [1.82, 2.24) is 15.1 Å². The lowest BCUT2D eigenvalue weighted by atomic mass is 10.0. The summed E-state index contributed by atoms with van der Waals surface area (Å²) in [7, 11) is 1.81. The molecule has 1 rings (SSSR count). The van der Waals surface area contributed by atoms with Crippen LogP contribution in [0.1, 0.15) is 39.5 Å². The van der Waals surface area contributed by atoms with E-state index in [1.807, 2.05) is 6.92 Å². The third-order valence-electron chi connectivity index (χ3n) is 4.32. The number of rotatable bonds is 8. The molecule has 2 atom stereocenters. The van der Waals surface area contributed by atoms with Gasteiger partial charge in [0.25, 0.3) is 0 Å². The molecule has 0 aromatic heterocycles. The van der Waals surface area contributed by atoms with E-state index in [9.17, 15) is 9.59 Å². The summed E-state index contributed by atoms with van der Waals surface area (Å²) in [6.45, 7) is 7.39. The number of likely N-dealkylation sites (tertiary alicyclic amines) is 1. The second-order valence-corrected chi connectivity index (χ2v) is 5.86. The number of nitrogens with one attached hydrogen (secondary N) is 1. The number of urea groups is 1. The second kappa shape index (κ2) is 8.87. The monoisotopic (exact) mass is 299 g/mol. The molecule has 1 aliphatic rings.